The van der Waals surface area contributed by atoms with E-state index in [0.29, 0.717) is 0 Å². The Bertz CT molecular complexity index is 536. The van der Waals surface area contributed by atoms with Crippen LogP contribution in [0.3, 0.4) is 0 Å². The largest absolute Gasteiger partial charge is 0.312 e. The van der Waals surface area contributed by atoms with Crippen LogP contribution in [0, 0.1) is 19.7 Å². The summed E-state index contributed by atoms with van der Waals surface area (Å²) in [6, 6.07) is 5.14. The second-order valence-corrected chi connectivity index (χ2v) is 5.66. The number of aryl methyl sites for hydroxylation is 2. The van der Waals surface area contributed by atoms with Gasteiger partial charge in [-0.15, -0.1) is 11.3 Å². The smallest absolute Gasteiger partial charge is 0.123 e. The fraction of sp³-hybridized carbons (Fsp3) is 0.357. The van der Waals surface area contributed by atoms with Crippen molar-refractivity contribution in [1.82, 2.24) is 10.3 Å². The zero-order chi connectivity index (χ0) is 13.1. The summed E-state index contributed by atoms with van der Waals surface area (Å²) in [4.78, 5) is 5.46. The van der Waals surface area contributed by atoms with Crippen LogP contribution in [0.2, 0.25) is 0 Å². The van der Waals surface area contributed by atoms with Crippen molar-refractivity contribution >= 4 is 11.3 Å². The van der Waals surface area contributed by atoms with E-state index in [1.807, 2.05) is 33.2 Å². The van der Waals surface area contributed by atoms with E-state index < -0.39 is 0 Å². The van der Waals surface area contributed by atoms with Crippen LogP contribution in [0.15, 0.2) is 24.4 Å². The number of hydrogen-bond donors (Lipinski definition) is 1. The Hall–Kier alpha value is -1.26. The molecule has 18 heavy (non-hydrogen) atoms. The average molecular weight is 264 g/mol. The molecule has 1 N–H and O–H groups in total. The summed E-state index contributed by atoms with van der Waals surface area (Å²) in [7, 11) is 1.92. The van der Waals surface area contributed by atoms with Gasteiger partial charge in [0.15, 0.2) is 0 Å². The molecular formula is C14H17FN2S. The zero-order valence-electron chi connectivity index (χ0n) is 10.8. The Balaban J connectivity index is 2.22. The van der Waals surface area contributed by atoms with E-state index in [0.717, 1.165) is 22.6 Å². The summed E-state index contributed by atoms with van der Waals surface area (Å²) >= 11 is 1.68. The Morgan fingerprint density at radius 2 is 2.17 bits per heavy atom. The third kappa shape index (κ3) is 2.94. The van der Waals surface area contributed by atoms with Crippen LogP contribution in [0.5, 0.6) is 0 Å². The molecule has 1 heterocycles. The standard InChI is InChI=1S/C14H17FN2S/c1-9-4-5-12(15)6-11(9)7-13(16-3)14-8-17-10(2)18-14/h4-6,8,13,16H,7H2,1-3H3. The Morgan fingerprint density at radius 1 is 1.39 bits per heavy atom. The molecule has 2 rings (SSSR count). The van der Waals surface area contributed by atoms with E-state index in [4.69, 9.17) is 0 Å². The molecule has 2 nitrogen and oxygen atoms in total. The summed E-state index contributed by atoms with van der Waals surface area (Å²) in [6.45, 7) is 4.01. The molecule has 0 saturated carbocycles. The molecule has 0 spiro atoms. The second-order valence-electron chi connectivity index (χ2n) is 4.40. The maximum atomic E-state index is 13.3. The molecular weight excluding hydrogens is 247 g/mol. The average Bonchev–Trinajstić information content (AvgIpc) is 2.77. The maximum Gasteiger partial charge on any atom is 0.123 e. The minimum atomic E-state index is -0.175. The highest BCUT2D eigenvalue weighted by Crippen LogP contribution is 2.25. The van der Waals surface area contributed by atoms with Gasteiger partial charge in [-0.05, 0) is 50.6 Å². The molecule has 1 unspecified atom stereocenters. The van der Waals surface area contributed by atoms with E-state index in [9.17, 15) is 4.39 Å². The molecule has 0 saturated heterocycles. The number of nitrogens with zero attached hydrogens (tertiary/aromatic N) is 1. The van der Waals surface area contributed by atoms with Gasteiger partial charge in [0, 0.05) is 17.1 Å². The molecule has 0 aliphatic rings. The number of hydrogen-bond acceptors (Lipinski definition) is 3. The minimum Gasteiger partial charge on any atom is -0.312 e. The van der Waals surface area contributed by atoms with E-state index >= 15 is 0 Å². The molecule has 0 aliphatic carbocycles. The first-order chi connectivity index (χ1) is 8.60. The highest BCUT2D eigenvalue weighted by molar-refractivity contribution is 7.11. The van der Waals surface area contributed by atoms with Crippen molar-refractivity contribution in [2.24, 2.45) is 0 Å². The normalized spacial score (nSPS) is 12.7. The van der Waals surface area contributed by atoms with Crippen molar-refractivity contribution in [3.8, 4) is 0 Å². The molecule has 4 heteroatoms. The molecule has 1 atom stereocenters. The lowest BCUT2D eigenvalue weighted by Gasteiger charge is -2.15. The fourth-order valence-corrected chi connectivity index (χ4v) is 2.86. The highest BCUT2D eigenvalue weighted by Gasteiger charge is 2.14. The summed E-state index contributed by atoms with van der Waals surface area (Å²) in [5.41, 5.74) is 2.17. The summed E-state index contributed by atoms with van der Waals surface area (Å²) < 4.78 is 13.3. The number of nitrogens with one attached hydrogen (secondary N) is 1. The fourth-order valence-electron chi connectivity index (χ4n) is 1.96. The zero-order valence-corrected chi connectivity index (χ0v) is 11.6. The predicted octanol–water partition coefficient (Wildman–Crippen LogP) is 3.40. The number of likely N-dealkylation sites (N-methyl/N-ethyl adjacent to an activating group) is 1. The Kier molecular flexibility index (Phi) is 4.09. The quantitative estimate of drug-likeness (QED) is 0.915. The first-order valence-electron chi connectivity index (χ1n) is 5.94. The number of halogens is 1. The first kappa shape index (κ1) is 13.2. The second kappa shape index (κ2) is 5.59. The van der Waals surface area contributed by atoms with Gasteiger partial charge in [0.2, 0.25) is 0 Å². The molecule has 1 aromatic heterocycles. The third-order valence-corrected chi connectivity index (χ3v) is 4.09. The van der Waals surface area contributed by atoms with Crippen molar-refractivity contribution in [2.45, 2.75) is 26.3 Å². The minimum absolute atomic E-state index is 0.175. The number of thiazole rings is 1. The van der Waals surface area contributed by atoms with Gasteiger partial charge in [-0.1, -0.05) is 6.07 Å². The maximum absolute atomic E-state index is 13.3. The lowest BCUT2D eigenvalue weighted by molar-refractivity contribution is 0.589. The van der Waals surface area contributed by atoms with Crippen molar-refractivity contribution in [2.75, 3.05) is 7.05 Å². The van der Waals surface area contributed by atoms with Crippen molar-refractivity contribution in [1.29, 1.82) is 0 Å². The van der Waals surface area contributed by atoms with Gasteiger partial charge in [-0.2, -0.15) is 0 Å². The lowest BCUT2D eigenvalue weighted by Crippen LogP contribution is -2.18. The third-order valence-electron chi connectivity index (χ3n) is 3.07. The van der Waals surface area contributed by atoms with Crippen molar-refractivity contribution in [3.05, 3.63) is 51.2 Å². The van der Waals surface area contributed by atoms with Gasteiger partial charge < -0.3 is 5.32 Å². The van der Waals surface area contributed by atoms with E-state index in [1.54, 1.807) is 17.4 Å². The topological polar surface area (TPSA) is 24.9 Å². The van der Waals surface area contributed by atoms with E-state index in [-0.39, 0.29) is 11.9 Å². The van der Waals surface area contributed by atoms with Gasteiger partial charge >= 0.3 is 0 Å². The summed E-state index contributed by atoms with van der Waals surface area (Å²) in [6.07, 6.45) is 2.68. The Labute approximate surface area is 111 Å². The van der Waals surface area contributed by atoms with E-state index in [2.05, 4.69) is 10.3 Å². The first-order valence-corrected chi connectivity index (χ1v) is 6.76. The van der Waals surface area contributed by atoms with Crippen LogP contribution >= 0.6 is 11.3 Å². The van der Waals surface area contributed by atoms with Gasteiger partial charge in [0.25, 0.3) is 0 Å². The van der Waals surface area contributed by atoms with Crippen molar-refractivity contribution < 1.29 is 4.39 Å². The number of benzene rings is 1. The van der Waals surface area contributed by atoms with E-state index in [1.165, 1.54) is 10.9 Å². The van der Waals surface area contributed by atoms with Gasteiger partial charge in [0.1, 0.15) is 5.82 Å². The van der Waals surface area contributed by atoms with Crippen LogP contribution < -0.4 is 5.32 Å². The number of aromatic nitrogens is 1. The lowest BCUT2D eigenvalue weighted by atomic mass is 10.0. The van der Waals surface area contributed by atoms with Crippen LogP contribution in [0.1, 0.15) is 27.1 Å². The van der Waals surface area contributed by atoms with Crippen LogP contribution in [-0.2, 0) is 6.42 Å². The molecule has 0 amide bonds. The molecule has 0 radical (unpaired) electrons. The predicted molar refractivity (Wildman–Crippen MR) is 73.5 cm³/mol. The highest BCUT2D eigenvalue weighted by atomic mass is 32.1. The van der Waals surface area contributed by atoms with Crippen LogP contribution in [0.25, 0.3) is 0 Å². The summed E-state index contributed by atoms with van der Waals surface area (Å²) in [5, 5.41) is 4.33. The molecule has 1 aromatic carbocycles. The molecule has 2 aromatic rings. The van der Waals surface area contributed by atoms with Crippen LogP contribution in [0.4, 0.5) is 4.39 Å². The molecule has 96 valence electrons. The van der Waals surface area contributed by atoms with Crippen LogP contribution in [-0.4, -0.2) is 12.0 Å². The van der Waals surface area contributed by atoms with Gasteiger partial charge in [-0.25, -0.2) is 9.37 Å². The molecule has 0 bridgehead atoms. The molecule has 0 aliphatic heterocycles. The van der Waals surface area contributed by atoms with Gasteiger partial charge in [0.05, 0.1) is 5.01 Å². The SMILES string of the molecule is CNC(Cc1cc(F)ccc1C)c1cnc(C)s1. The van der Waals surface area contributed by atoms with Crippen molar-refractivity contribution in [3.63, 3.8) is 0 Å². The van der Waals surface area contributed by atoms with Gasteiger partial charge in [-0.3, -0.25) is 0 Å². The Morgan fingerprint density at radius 3 is 2.78 bits per heavy atom. The molecule has 0 fully saturated rings. The summed E-state index contributed by atoms with van der Waals surface area (Å²) in [5.74, 6) is -0.175. The number of rotatable bonds is 4. The monoisotopic (exact) mass is 264 g/mol.